The van der Waals surface area contributed by atoms with Crippen molar-refractivity contribution < 1.29 is 4.79 Å². The average Bonchev–Trinajstić information content (AvgIpc) is 2.54. The number of nitrogens with zero attached hydrogens (tertiary/aromatic N) is 2. The maximum absolute atomic E-state index is 12.3. The van der Waals surface area contributed by atoms with Crippen molar-refractivity contribution >= 4 is 41.5 Å². The zero-order chi connectivity index (χ0) is 17.9. The molecule has 25 heavy (non-hydrogen) atoms. The molecule has 0 spiro atoms. The van der Waals surface area contributed by atoms with Crippen molar-refractivity contribution in [3.63, 3.8) is 0 Å². The number of carbonyl (C=O) groups excluding carboxylic acids is 1. The van der Waals surface area contributed by atoms with E-state index in [1.54, 1.807) is 38.1 Å². The molecule has 0 saturated carbocycles. The Bertz CT molecular complexity index is 825. The van der Waals surface area contributed by atoms with Gasteiger partial charge < -0.3 is 11.5 Å². The number of benzene rings is 1. The van der Waals surface area contributed by atoms with Crippen LogP contribution < -0.4 is 22.3 Å². The molecule has 132 valence electrons. The Hall–Kier alpha value is -3.20. The van der Waals surface area contributed by atoms with Gasteiger partial charge in [-0.2, -0.15) is 10.2 Å². The number of ketones is 1. The van der Waals surface area contributed by atoms with Crippen molar-refractivity contribution in [1.82, 2.24) is 10.9 Å². The zero-order valence-corrected chi connectivity index (χ0v) is 14.5. The van der Waals surface area contributed by atoms with Crippen LogP contribution >= 0.6 is 12.4 Å². The van der Waals surface area contributed by atoms with Crippen LogP contribution in [0.25, 0.3) is 0 Å². The Morgan fingerprint density at radius 1 is 1.12 bits per heavy atom. The third-order valence-corrected chi connectivity index (χ3v) is 3.31. The number of hydrogen-bond acceptors (Lipinski definition) is 5. The van der Waals surface area contributed by atoms with Crippen LogP contribution in [0, 0.1) is 10.8 Å². The number of Topliss-reactive ketones (excluding diaryl/α,β-unsaturated/α-hetero) is 1. The Morgan fingerprint density at radius 2 is 1.76 bits per heavy atom. The number of fused-ring (bicyclic) bond motifs is 1. The molecule has 0 atom stereocenters. The molecule has 8 N–H and O–H groups in total. The molecular formula is C15H19ClN8O. The number of nitrogens with one attached hydrogen (secondary N) is 4. The number of hydrazone groups is 2. The Balaban J connectivity index is 0.00000312. The monoisotopic (exact) mass is 362 g/mol. The molecule has 1 aromatic rings. The normalized spacial score (nSPS) is 15.0. The third kappa shape index (κ3) is 4.64. The predicted octanol–water partition coefficient (Wildman–Crippen LogP) is 0.645. The van der Waals surface area contributed by atoms with Gasteiger partial charge in [-0.1, -0.05) is 6.07 Å². The van der Waals surface area contributed by atoms with Gasteiger partial charge in [-0.25, -0.2) is 10.9 Å². The first-order valence-electron chi connectivity index (χ1n) is 6.99. The molecule has 0 aromatic heterocycles. The summed E-state index contributed by atoms with van der Waals surface area (Å²) >= 11 is 0. The molecule has 0 saturated heterocycles. The van der Waals surface area contributed by atoms with Crippen LogP contribution in [0.5, 0.6) is 0 Å². The fraction of sp³-hybridized carbons (Fsp3) is 0.133. The molecule has 1 aliphatic carbocycles. The minimum Gasteiger partial charge on any atom is -0.369 e. The van der Waals surface area contributed by atoms with Gasteiger partial charge in [0.25, 0.3) is 0 Å². The van der Waals surface area contributed by atoms with Crippen LogP contribution in [0.2, 0.25) is 0 Å². The van der Waals surface area contributed by atoms with Crippen LogP contribution in [0.15, 0.2) is 40.1 Å². The number of carbonyl (C=O) groups is 1. The quantitative estimate of drug-likeness (QED) is 0.263. The summed E-state index contributed by atoms with van der Waals surface area (Å²) in [6.07, 6.45) is 1.63. The summed E-state index contributed by atoms with van der Waals surface area (Å²) in [4.78, 5) is 12.3. The van der Waals surface area contributed by atoms with Gasteiger partial charge in [0.15, 0.2) is 5.78 Å². The lowest BCUT2D eigenvalue weighted by Crippen LogP contribution is -2.28. The van der Waals surface area contributed by atoms with E-state index in [0.717, 1.165) is 5.56 Å². The van der Waals surface area contributed by atoms with Gasteiger partial charge in [-0.05, 0) is 43.2 Å². The Kier molecular flexibility index (Phi) is 6.40. The lowest BCUT2D eigenvalue weighted by Gasteiger charge is -2.17. The molecule has 0 bridgehead atoms. The van der Waals surface area contributed by atoms with Gasteiger partial charge in [0, 0.05) is 11.1 Å². The van der Waals surface area contributed by atoms with E-state index >= 15 is 0 Å². The minimum atomic E-state index is -0.299. The minimum absolute atomic E-state index is 0. The summed E-state index contributed by atoms with van der Waals surface area (Å²) in [6, 6.07) is 5.21. The molecule has 1 aromatic carbocycles. The van der Waals surface area contributed by atoms with Gasteiger partial charge in [0.1, 0.15) is 0 Å². The summed E-state index contributed by atoms with van der Waals surface area (Å²) in [5.74, 6) is -0.657. The molecule has 0 heterocycles. The second-order valence-electron chi connectivity index (χ2n) is 5.16. The van der Waals surface area contributed by atoms with E-state index in [2.05, 4.69) is 21.1 Å². The van der Waals surface area contributed by atoms with Gasteiger partial charge in [0.2, 0.25) is 11.9 Å². The van der Waals surface area contributed by atoms with E-state index < -0.39 is 0 Å². The number of allylic oxidation sites excluding steroid dienone is 2. The van der Waals surface area contributed by atoms with Crippen LogP contribution in [0.4, 0.5) is 0 Å². The molecule has 1 aliphatic rings. The van der Waals surface area contributed by atoms with Crippen molar-refractivity contribution in [2.45, 2.75) is 13.8 Å². The second-order valence-corrected chi connectivity index (χ2v) is 5.16. The molecule has 0 aliphatic heterocycles. The lowest BCUT2D eigenvalue weighted by molar-refractivity contribution is 0.103. The maximum atomic E-state index is 12.3. The molecule has 0 unspecified atom stereocenters. The van der Waals surface area contributed by atoms with Crippen LogP contribution in [-0.2, 0) is 0 Å². The maximum Gasteiger partial charge on any atom is 0.206 e. The first kappa shape index (κ1) is 19.8. The molecule has 10 heteroatoms. The molecule has 0 radical (unpaired) electrons. The van der Waals surface area contributed by atoms with Crippen LogP contribution in [0.3, 0.4) is 0 Å². The summed E-state index contributed by atoms with van der Waals surface area (Å²) in [7, 11) is 0. The molecule has 9 nitrogen and oxygen atoms in total. The van der Waals surface area contributed by atoms with E-state index in [1.165, 1.54) is 0 Å². The average molecular weight is 363 g/mol. The zero-order valence-electron chi connectivity index (χ0n) is 13.7. The van der Waals surface area contributed by atoms with Crippen molar-refractivity contribution in [2.24, 2.45) is 21.7 Å². The van der Waals surface area contributed by atoms with E-state index in [0.29, 0.717) is 28.1 Å². The fourth-order valence-electron chi connectivity index (χ4n) is 2.16. The summed E-state index contributed by atoms with van der Waals surface area (Å²) in [6.45, 7) is 3.44. The number of nitrogens with two attached hydrogens (primary N) is 2. The molecule has 2 rings (SSSR count). The van der Waals surface area contributed by atoms with E-state index in [9.17, 15) is 4.79 Å². The number of rotatable bonds is 3. The number of guanidine groups is 2. The fourth-order valence-corrected chi connectivity index (χ4v) is 2.16. The highest BCUT2D eigenvalue weighted by Crippen LogP contribution is 2.23. The largest absolute Gasteiger partial charge is 0.369 e. The lowest BCUT2D eigenvalue weighted by atomic mass is 9.88. The van der Waals surface area contributed by atoms with E-state index in [4.69, 9.17) is 22.3 Å². The van der Waals surface area contributed by atoms with Gasteiger partial charge in [-0.3, -0.25) is 15.6 Å². The van der Waals surface area contributed by atoms with Crippen molar-refractivity contribution in [3.8, 4) is 0 Å². The summed E-state index contributed by atoms with van der Waals surface area (Å²) in [5.41, 5.74) is 18.7. The Labute approximate surface area is 150 Å². The topological polar surface area (TPSA) is 166 Å². The highest BCUT2D eigenvalue weighted by Gasteiger charge is 2.22. The molecule has 0 fully saturated rings. The van der Waals surface area contributed by atoms with Crippen molar-refractivity contribution in [3.05, 3.63) is 46.5 Å². The van der Waals surface area contributed by atoms with E-state index in [1.807, 2.05) is 0 Å². The van der Waals surface area contributed by atoms with Gasteiger partial charge in [-0.15, -0.1) is 12.4 Å². The van der Waals surface area contributed by atoms with Gasteiger partial charge >= 0.3 is 0 Å². The SMILES string of the molecule is CC1=C/C(=N/NC(=N)N)c2cc(/C(C)=N\NC(=N)N)ccc2C1=O.Cl. The first-order valence-corrected chi connectivity index (χ1v) is 6.99. The number of halogens is 1. The number of hydrogen-bond donors (Lipinski definition) is 6. The first-order chi connectivity index (χ1) is 11.3. The second kappa shape index (κ2) is 8.06. The van der Waals surface area contributed by atoms with Crippen molar-refractivity contribution in [2.75, 3.05) is 0 Å². The van der Waals surface area contributed by atoms with Gasteiger partial charge in [0.05, 0.1) is 11.4 Å². The standard InChI is InChI=1S/C15H18N8O.ClH/c1-7-5-12(21-23-15(18)19)11-6-9(3-4-10(11)13(7)24)8(2)20-22-14(16)17;/h3-6H,1-2H3,(H4,16,17,22)(H4,18,19,23);1H/b20-8-,21-12-;. The third-order valence-electron chi connectivity index (χ3n) is 3.31. The van der Waals surface area contributed by atoms with Crippen LogP contribution in [-0.4, -0.2) is 29.1 Å². The highest BCUT2D eigenvalue weighted by atomic mass is 35.5. The highest BCUT2D eigenvalue weighted by molar-refractivity contribution is 6.26. The van der Waals surface area contributed by atoms with E-state index in [-0.39, 0.29) is 30.1 Å². The smallest absolute Gasteiger partial charge is 0.206 e. The summed E-state index contributed by atoms with van der Waals surface area (Å²) < 4.78 is 0. The van der Waals surface area contributed by atoms with Crippen molar-refractivity contribution in [1.29, 1.82) is 10.8 Å². The Morgan fingerprint density at radius 3 is 2.36 bits per heavy atom. The van der Waals surface area contributed by atoms with Crippen LogP contribution in [0.1, 0.15) is 35.3 Å². The molecular weight excluding hydrogens is 344 g/mol. The summed E-state index contributed by atoms with van der Waals surface area (Å²) in [5, 5.41) is 22.4. The predicted molar refractivity (Wildman–Crippen MR) is 101 cm³/mol. The molecule has 0 amide bonds.